The molecule has 0 aliphatic carbocycles. The number of rotatable bonds is 3. The van der Waals surface area contributed by atoms with Crippen molar-refractivity contribution >= 4 is 55.8 Å². The Kier molecular flexibility index (Phi) is 3.94. The zero-order valence-electron chi connectivity index (χ0n) is 11.3. The number of H-pyrrole nitrogens is 1. The monoisotopic (exact) mass is 300 g/mol. The minimum atomic E-state index is 0.831. The summed E-state index contributed by atoms with van der Waals surface area (Å²) in [5, 5.41) is 5.82. The van der Waals surface area contributed by atoms with Crippen LogP contribution in [0, 0.1) is 0 Å². The summed E-state index contributed by atoms with van der Waals surface area (Å²) in [6.45, 7) is 2.16. The molecule has 0 amide bonds. The Morgan fingerprint density at radius 2 is 1.95 bits per heavy atom. The van der Waals surface area contributed by atoms with Crippen LogP contribution in [0.15, 0.2) is 42.5 Å². The van der Waals surface area contributed by atoms with Gasteiger partial charge >= 0.3 is 0 Å². The second kappa shape index (κ2) is 5.85. The highest BCUT2D eigenvalue weighted by molar-refractivity contribution is 8.23. The second-order valence-electron chi connectivity index (χ2n) is 4.66. The summed E-state index contributed by atoms with van der Waals surface area (Å²) < 4.78 is 0.831. The van der Waals surface area contributed by atoms with Gasteiger partial charge in [0.05, 0.1) is 11.2 Å². The topological polar surface area (TPSA) is 27.8 Å². The summed E-state index contributed by atoms with van der Waals surface area (Å²) in [5.41, 5.74) is 3.32. The van der Waals surface area contributed by atoms with Gasteiger partial charge in [-0.15, -0.1) is 0 Å². The van der Waals surface area contributed by atoms with Gasteiger partial charge in [0.2, 0.25) is 0 Å². The molecule has 3 rings (SSSR count). The summed E-state index contributed by atoms with van der Waals surface area (Å²) in [7, 11) is 0. The predicted octanol–water partition coefficient (Wildman–Crippen LogP) is 5.16. The number of hydrogen-bond donors (Lipinski definition) is 2. The molecule has 0 atom stereocenters. The first-order valence-corrected chi connectivity index (χ1v) is 8.12. The number of fused-ring (bicyclic) bond motifs is 3. The molecule has 0 fully saturated rings. The van der Waals surface area contributed by atoms with Crippen molar-refractivity contribution in [2.75, 3.05) is 11.1 Å². The van der Waals surface area contributed by atoms with E-state index in [4.69, 9.17) is 12.2 Å². The van der Waals surface area contributed by atoms with Crippen molar-refractivity contribution in [2.24, 2.45) is 0 Å². The van der Waals surface area contributed by atoms with Crippen LogP contribution in [-0.4, -0.2) is 15.1 Å². The third-order valence-corrected chi connectivity index (χ3v) is 4.65. The van der Waals surface area contributed by atoms with Crippen LogP contribution in [-0.2, 0) is 0 Å². The number of hydrogen-bond acceptors (Lipinski definition) is 2. The number of anilines is 1. The van der Waals surface area contributed by atoms with Crippen LogP contribution in [0.1, 0.15) is 13.3 Å². The number of thioether (sulfide) groups is 1. The van der Waals surface area contributed by atoms with Crippen molar-refractivity contribution < 1.29 is 0 Å². The minimum Gasteiger partial charge on any atom is -0.353 e. The first-order valence-electron chi connectivity index (χ1n) is 6.73. The maximum atomic E-state index is 5.38. The van der Waals surface area contributed by atoms with Gasteiger partial charge in [0.15, 0.2) is 0 Å². The van der Waals surface area contributed by atoms with E-state index in [0.29, 0.717) is 0 Å². The molecule has 20 heavy (non-hydrogen) atoms. The average Bonchev–Trinajstić information content (AvgIpc) is 2.85. The fraction of sp³-hybridized carbons (Fsp3) is 0.188. The van der Waals surface area contributed by atoms with Crippen LogP contribution in [0.5, 0.6) is 0 Å². The van der Waals surface area contributed by atoms with Crippen molar-refractivity contribution in [3.8, 4) is 0 Å². The van der Waals surface area contributed by atoms with Gasteiger partial charge in [0.1, 0.15) is 4.32 Å². The minimum absolute atomic E-state index is 0.831. The van der Waals surface area contributed by atoms with E-state index in [1.165, 1.54) is 10.8 Å². The van der Waals surface area contributed by atoms with Crippen LogP contribution < -0.4 is 5.32 Å². The molecule has 102 valence electrons. The Bertz CT molecular complexity index is 761. The smallest absolute Gasteiger partial charge is 0.138 e. The maximum absolute atomic E-state index is 5.38. The van der Waals surface area contributed by atoms with E-state index >= 15 is 0 Å². The SMILES string of the molecule is CCCSC(=S)Nc1cccc2c1[nH]c1ccccc12. The van der Waals surface area contributed by atoms with Crippen molar-refractivity contribution in [1.29, 1.82) is 0 Å². The lowest BCUT2D eigenvalue weighted by Crippen LogP contribution is -2.05. The van der Waals surface area contributed by atoms with Crippen LogP contribution in [0.25, 0.3) is 21.8 Å². The number of aromatic amines is 1. The van der Waals surface area contributed by atoms with Crippen LogP contribution in [0.2, 0.25) is 0 Å². The zero-order valence-corrected chi connectivity index (χ0v) is 12.9. The lowest BCUT2D eigenvalue weighted by atomic mass is 10.1. The fourth-order valence-corrected chi connectivity index (χ4v) is 3.25. The lowest BCUT2D eigenvalue weighted by Gasteiger charge is -2.08. The molecule has 4 heteroatoms. The largest absolute Gasteiger partial charge is 0.353 e. The van der Waals surface area contributed by atoms with E-state index in [9.17, 15) is 0 Å². The van der Waals surface area contributed by atoms with Gasteiger partial charge in [0.25, 0.3) is 0 Å². The molecule has 0 spiro atoms. The first kappa shape index (κ1) is 13.5. The standard InChI is InChI=1S/C16H16N2S2/c1-2-10-20-16(19)18-14-9-5-7-12-11-6-3-4-8-13(11)17-15(12)14/h3-9,17H,2,10H2,1H3,(H,18,19). The molecule has 1 heterocycles. The van der Waals surface area contributed by atoms with E-state index in [2.05, 4.69) is 53.6 Å². The van der Waals surface area contributed by atoms with Crippen molar-refractivity contribution in [3.05, 3.63) is 42.5 Å². The molecule has 0 unspecified atom stereocenters. The van der Waals surface area contributed by atoms with Gasteiger partial charge in [-0.25, -0.2) is 0 Å². The normalized spacial score (nSPS) is 11.1. The Labute approximate surface area is 127 Å². The summed E-state index contributed by atoms with van der Waals surface area (Å²) in [6.07, 6.45) is 1.13. The Morgan fingerprint density at radius 1 is 1.15 bits per heavy atom. The number of nitrogens with one attached hydrogen (secondary N) is 2. The highest BCUT2D eigenvalue weighted by Crippen LogP contribution is 2.30. The molecule has 0 saturated carbocycles. The van der Waals surface area contributed by atoms with Gasteiger partial charge in [-0.3, -0.25) is 0 Å². The Balaban J connectivity index is 2.01. The summed E-state index contributed by atoms with van der Waals surface area (Å²) >= 11 is 7.08. The lowest BCUT2D eigenvalue weighted by molar-refractivity contribution is 1.11. The van der Waals surface area contributed by atoms with Gasteiger partial charge in [-0.2, -0.15) is 0 Å². The highest BCUT2D eigenvalue weighted by Gasteiger charge is 2.08. The molecule has 3 aromatic rings. The van der Waals surface area contributed by atoms with Crippen LogP contribution in [0.3, 0.4) is 0 Å². The molecule has 0 aliphatic rings. The zero-order chi connectivity index (χ0) is 13.9. The number of para-hydroxylation sites is 2. The van der Waals surface area contributed by atoms with E-state index in [-0.39, 0.29) is 0 Å². The van der Waals surface area contributed by atoms with Crippen LogP contribution in [0.4, 0.5) is 5.69 Å². The van der Waals surface area contributed by atoms with E-state index < -0.39 is 0 Å². The molecule has 2 aromatic carbocycles. The number of aromatic nitrogens is 1. The third-order valence-electron chi connectivity index (χ3n) is 3.22. The Hall–Kier alpha value is -1.52. The fourth-order valence-electron chi connectivity index (χ4n) is 2.32. The molecular weight excluding hydrogens is 284 g/mol. The van der Waals surface area contributed by atoms with Crippen molar-refractivity contribution in [1.82, 2.24) is 4.98 Å². The van der Waals surface area contributed by atoms with Crippen molar-refractivity contribution in [2.45, 2.75) is 13.3 Å². The molecule has 1 aromatic heterocycles. The molecule has 2 nitrogen and oxygen atoms in total. The van der Waals surface area contributed by atoms with Crippen molar-refractivity contribution in [3.63, 3.8) is 0 Å². The molecule has 0 bridgehead atoms. The molecule has 2 N–H and O–H groups in total. The van der Waals surface area contributed by atoms with Gasteiger partial charge in [-0.1, -0.05) is 61.2 Å². The average molecular weight is 300 g/mol. The second-order valence-corrected chi connectivity index (χ2v) is 6.43. The van der Waals surface area contributed by atoms with Gasteiger partial charge < -0.3 is 10.3 Å². The quantitative estimate of drug-likeness (QED) is 0.654. The summed E-state index contributed by atoms with van der Waals surface area (Å²) in [6, 6.07) is 14.6. The van der Waals surface area contributed by atoms with Crippen LogP contribution >= 0.6 is 24.0 Å². The predicted molar refractivity (Wildman–Crippen MR) is 94.8 cm³/mol. The molecular formula is C16H16N2S2. The van der Waals surface area contributed by atoms with E-state index in [1.807, 2.05) is 6.07 Å². The summed E-state index contributed by atoms with van der Waals surface area (Å²) in [4.78, 5) is 3.48. The van der Waals surface area contributed by atoms with Gasteiger partial charge in [0, 0.05) is 16.3 Å². The van der Waals surface area contributed by atoms with Gasteiger partial charge in [-0.05, 0) is 24.3 Å². The first-order chi connectivity index (χ1) is 9.79. The number of benzene rings is 2. The molecule has 0 radical (unpaired) electrons. The third kappa shape index (κ3) is 2.53. The number of thiocarbonyl (C=S) groups is 1. The summed E-state index contributed by atoms with van der Waals surface area (Å²) in [5.74, 6) is 1.05. The maximum Gasteiger partial charge on any atom is 0.138 e. The van der Waals surface area contributed by atoms with E-state index in [1.54, 1.807) is 11.8 Å². The molecule has 0 saturated heterocycles. The van der Waals surface area contributed by atoms with E-state index in [0.717, 1.165) is 33.2 Å². The molecule has 0 aliphatic heterocycles. The Morgan fingerprint density at radius 3 is 2.80 bits per heavy atom. The highest BCUT2D eigenvalue weighted by atomic mass is 32.2.